The molecule has 0 radical (unpaired) electrons. The zero-order chi connectivity index (χ0) is 20.3. The topological polar surface area (TPSA) is 93.6 Å². The van der Waals surface area contributed by atoms with E-state index in [1.165, 1.54) is 13.1 Å². The van der Waals surface area contributed by atoms with Gasteiger partial charge in [0.1, 0.15) is 17.7 Å². The van der Waals surface area contributed by atoms with Crippen LogP contribution in [-0.2, 0) is 15.6 Å². The van der Waals surface area contributed by atoms with Crippen molar-refractivity contribution in [2.75, 3.05) is 12.8 Å². The van der Waals surface area contributed by atoms with Crippen molar-refractivity contribution < 1.29 is 12.8 Å². The third-order valence-electron chi connectivity index (χ3n) is 4.88. The average molecular weight is 466 g/mol. The molecule has 2 aromatic carbocycles. The van der Waals surface area contributed by atoms with Gasteiger partial charge in [-0.3, -0.25) is 4.57 Å². The van der Waals surface area contributed by atoms with Gasteiger partial charge >= 0.3 is 0 Å². The minimum atomic E-state index is -3.70. The van der Waals surface area contributed by atoms with Gasteiger partial charge in [0, 0.05) is 22.8 Å². The Morgan fingerprint density at radius 2 is 2.00 bits per heavy atom. The number of imidazole rings is 1. The highest BCUT2D eigenvalue weighted by atomic mass is 79.9. The second-order valence-electron chi connectivity index (χ2n) is 6.88. The molecule has 1 aliphatic rings. The van der Waals surface area contributed by atoms with Gasteiger partial charge in [-0.25, -0.2) is 27.1 Å². The van der Waals surface area contributed by atoms with Gasteiger partial charge in [0.2, 0.25) is 16.0 Å². The van der Waals surface area contributed by atoms with Gasteiger partial charge in [-0.15, -0.1) is 0 Å². The lowest BCUT2D eigenvalue weighted by Crippen LogP contribution is -2.50. The molecule has 0 fully saturated rings. The molecule has 4 rings (SSSR count). The summed E-state index contributed by atoms with van der Waals surface area (Å²) in [5.41, 5.74) is 6.87. The fraction of sp³-hybridized carbons (Fsp3) is 0.222. The van der Waals surface area contributed by atoms with Gasteiger partial charge < -0.3 is 5.73 Å². The number of sulfonamides is 1. The smallest absolute Gasteiger partial charge is 0.239 e. The summed E-state index contributed by atoms with van der Waals surface area (Å²) in [6, 6.07) is 10.2. The van der Waals surface area contributed by atoms with E-state index >= 15 is 0 Å². The first-order valence-corrected chi connectivity index (χ1v) is 10.8. The minimum absolute atomic E-state index is 0.156. The van der Waals surface area contributed by atoms with E-state index in [9.17, 15) is 12.8 Å². The number of hydrogen-bond donors (Lipinski definition) is 1. The van der Waals surface area contributed by atoms with Crippen molar-refractivity contribution >= 4 is 42.9 Å². The van der Waals surface area contributed by atoms with Crippen LogP contribution in [0.4, 0.5) is 4.39 Å². The highest BCUT2D eigenvalue weighted by molar-refractivity contribution is 9.10. The van der Waals surface area contributed by atoms with Crippen LogP contribution < -0.4 is 5.73 Å². The Kier molecular flexibility index (Phi) is 4.23. The van der Waals surface area contributed by atoms with Gasteiger partial charge in [-0.05, 0) is 43.3 Å². The summed E-state index contributed by atoms with van der Waals surface area (Å²) in [7, 11) is -2.37. The summed E-state index contributed by atoms with van der Waals surface area (Å²) in [4.78, 5) is 8.66. The summed E-state index contributed by atoms with van der Waals surface area (Å²) in [6.45, 7) is 1.57. The number of nitrogens with two attached hydrogens (primary N) is 1. The molecule has 2 N–H and O–H groups in total. The largest absolute Gasteiger partial charge is 0.369 e. The molecule has 28 heavy (non-hydrogen) atoms. The van der Waals surface area contributed by atoms with Crippen molar-refractivity contribution in [2.24, 2.45) is 10.7 Å². The molecule has 0 spiro atoms. The van der Waals surface area contributed by atoms with E-state index in [4.69, 9.17) is 5.73 Å². The van der Waals surface area contributed by atoms with E-state index in [-0.39, 0.29) is 17.3 Å². The third kappa shape index (κ3) is 2.96. The Morgan fingerprint density at radius 1 is 1.25 bits per heavy atom. The van der Waals surface area contributed by atoms with Crippen molar-refractivity contribution in [3.63, 3.8) is 0 Å². The monoisotopic (exact) mass is 465 g/mol. The maximum atomic E-state index is 14.7. The maximum Gasteiger partial charge on any atom is 0.239 e. The van der Waals surface area contributed by atoms with Crippen molar-refractivity contribution in [1.29, 1.82) is 0 Å². The number of fused-ring (bicyclic) bond motifs is 1. The van der Waals surface area contributed by atoms with E-state index in [1.807, 2.05) is 22.8 Å². The van der Waals surface area contributed by atoms with Crippen LogP contribution in [0.5, 0.6) is 0 Å². The van der Waals surface area contributed by atoms with Crippen molar-refractivity contribution in [3.8, 4) is 5.69 Å². The zero-order valence-corrected chi connectivity index (χ0v) is 17.5. The number of guanidine groups is 1. The highest BCUT2D eigenvalue weighted by Crippen LogP contribution is 2.35. The Balaban J connectivity index is 1.88. The standard InChI is InChI=1S/C18H17BrFN5O2S/c1-18(9-28(26,27)24(2)17(21)23-18)13-8-12(4-5-14(13)20)25-10-22-15-7-11(19)3-6-16(15)25/h3-8,10H,9H2,1-2H3,(H2,21,23)/t18-/m0/s1. The fourth-order valence-corrected chi connectivity index (χ4v) is 5.15. The van der Waals surface area contributed by atoms with Crippen molar-refractivity contribution in [1.82, 2.24) is 13.9 Å². The Morgan fingerprint density at radius 3 is 2.71 bits per heavy atom. The molecule has 2 heterocycles. The number of aliphatic imine (C=N–C) groups is 1. The summed E-state index contributed by atoms with van der Waals surface area (Å²) in [6.07, 6.45) is 1.64. The van der Waals surface area contributed by atoms with Crippen LogP contribution in [0.2, 0.25) is 0 Å². The Bertz CT molecular complexity index is 1240. The molecule has 146 valence electrons. The van der Waals surface area contributed by atoms with Gasteiger partial charge in [0.05, 0.1) is 16.8 Å². The first kappa shape index (κ1) is 18.9. The molecule has 0 amide bonds. The quantitative estimate of drug-likeness (QED) is 0.629. The lowest BCUT2D eigenvalue weighted by atomic mass is 9.93. The summed E-state index contributed by atoms with van der Waals surface area (Å²) < 4.78 is 43.2. The first-order valence-electron chi connectivity index (χ1n) is 8.36. The van der Waals surface area contributed by atoms with Crippen molar-refractivity contribution in [3.05, 3.63) is 58.6 Å². The van der Waals surface area contributed by atoms with Crippen LogP contribution in [0.15, 0.2) is 52.2 Å². The van der Waals surface area contributed by atoms with Gasteiger partial charge in [-0.1, -0.05) is 15.9 Å². The average Bonchev–Trinajstić information content (AvgIpc) is 3.02. The summed E-state index contributed by atoms with van der Waals surface area (Å²) in [5.74, 6) is -1.10. The Labute approximate surface area is 169 Å². The molecule has 3 aromatic rings. The molecule has 1 aromatic heterocycles. The predicted molar refractivity (Wildman–Crippen MR) is 109 cm³/mol. The Hall–Kier alpha value is -2.46. The number of nitrogens with zero attached hydrogens (tertiary/aromatic N) is 4. The van der Waals surface area contributed by atoms with Crippen LogP contribution in [0, 0.1) is 5.82 Å². The number of benzene rings is 2. The van der Waals surface area contributed by atoms with Crippen LogP contribution in [-0.4, -0.2) is 41.0 Å². The fourth-order valence-electron chi connectivity index (χ4n) is 3.36. The summed E-state index contributed by atoms with van der Waals surface area (Å²) in [5, 5.41) is 0. The second kappa shape index (κ2) is 6.28. The van der Waals surface area contributed by atoms with E-state index in [2.05, 4.69) is 25.9 Å². The normalized spacial score (nSPS) is 21.7. The van der Waals surface area contributed by atoms with E-state index in [0.29, 0.717) is 5.69 Å². The predicted octanol–water partition coefficient (Wildman–Crippen LogP) is 2.73. The number of halogens is 2. The van der Waals surface area contributed by atoms with Crippen LogP contribution >= 0.6 is 15.9 Å². The third-order valence-corrected chi connectivity index (χ3v) is 7.32. The molecular formula is C18H17BrFN5O2S. The van der Waals surface area contributed by atoms with Crippen LogP contribution in [0.1, 0.15) is 12.5 Å². The first-order chi connectivity index (χ1) is 13.1. The highest BCUT2D eigenvalue weighted by Gasteiger charge is 2.41. The summed E-state index contributed by atoms with van der Waals surface area (Å²) >= 11 is 3.41. The molecule has 1 aliphatic heterocycles. The SMILES string of the molecule is CN1C(N)=N[C@](C)(c2cc(-n3cnc4cc(Br)ccc43)ccc2F)CS1(=O)=O. The van der Waals surface area contributed by atoms with E-state index in [1.54, 1.807) is 25.4 Å². The van der Waals surface area contributed by atoms with Crippen molar-refractivity contribution in [2.45, 2.75) is 12.5 Å². The molecule has 0 saturated carbocycles. The van der Waals surface area contributed by atoms with Gasteiger partial charge in [0.15, 0.2) is 0 Å². The molecule has 10 heteroatoms. The zero-order valence-electron chi connectivity index (χ0n) is 15.1. The molecule has 7 nitrogen and oxygen atoms in total. The van der Waals surface area contributed by atoms with E-state index in [0.717, 1.165) is 19.8 Å². The van der Waals surface area contributed by atoms with E-state index < -0.39 is 21.4 Å². The molecule has 0 aliphatic carbocycles. The molecule has 1 atom stereocenters. The molecule has 0 bridgehead atoms. The number of hydrogen-bond acceptors (Lipinski definition) is 5. The van der Waals surface area contributed by atoms with Crippen LogP contribution in [0.3, 0.4) is 0 Å². The van der Waals surface area contributed by atoms with Gasteiger partial charge in [0.25, 0.3) is 0 Å². The lowest BCUT2D eigenvalue weighted by molar-refractivity contribution is 0.458. The molecule has 0 saturated heterocycles. The molecule has 0 unspecified atom stereocenters. The second-order valence-corrected chi connectivity index (χ2v) is 9.80. The maximum absolute atomic E-state index is 14.7. The van der Waals surface area contributed by atoms with Crippen LogP contribution in [0.25, 0.3) is 16.7 Å². The number of aromatic nitrogens is 2. The molecular weight excluding hydrogens is 449 g/mol. The van der Waals surface area contributed by atoms with Gasteiger partial charge in [-0.2, -0.15) is 0 Å². The number of rotatable bonds is 2. The lowest BCUT2D eigenvalue weighted by Gasteiger charge is -2.34. The minimum Gasteiger partial charge on any atom is -0.369 e.